The smallest absolute Gasteiger partial charge is 0.328 e. The van der Waals surface area contributed by atoms with Crippen molar-refractivity contribution in [3.63, 3.8) is 0 Å². The molecule has 1 aromatic carbocycles. The highest BCUT2D eigenvalue weighted by atomic mass is 127. The molecule has 0 aromatic heterocycles. The highest BCUT2D eigenvalue weighted by Crippen LogP contribution is 2.11. The molecule has 1 saturated heterocycles. The summed E-state index contributed by atoms with van der Waals surface area (Å²) in [4.78, 5) is 35.2. The van der Waals surface area contributed by atoms with Crippen molar-refractivity contribution in [1.29, 1.82) is 0 Å². The van der Waals surface area contributed by atoms with Crippen molar-refractivity contribution in [3.8, 4) is 0 Å². The molecule has 0 saturated carbocycles. The number of nitrogens with one attached hydrogen (secondary N) is 2. The summed E-state index contributed by atoms with van der Waals surface area (Å²) in [5.41, 5.74) is 0.923. The maximum absolute atomic E-state index is 12.1. The van der Waals surface area contributed by atoms with Crippen molar-refractivity contribution in [2.45, 2.75) is 31.3 Å². The molecule has 1 heterocycles. The first kappa shape index (κ1) is 16.7. The molecule has 7 heteroatoms. The van der Waals surface area contributed by atoms with E-state index in [4.69, 9.17) is 4.74 Å². The van der Waals surface area contributed by atoms with Gasteiger partial charge in [0.1, 0.15) is 12.1 Å². The van der Waals surface area contributed by atoms with E-state index in [2.05, 4.69) is 33.2 Å². The van der Waals surface area contributed by atoms with Crippen LogP contribution in [0.3, 0.4) is 0 Å². The largest absolute Gasteiger partial charge is 0.467 e. The number of methoxy groups -OCH3 is 1. The van der Waals surface area contributed by atoms with Gasteiger partial charge in [-0.2, -0.15) is 0 Å². The van der Waals surface area contributed by atoms with Crippen LogP contribution in [0.1, 0.15) is 18.4 Å². The number of esters is 1. The predicted octanol–water partition coefficient (Wildman–Crippen LogP) is 0.770. The monoisotopic (exact) mass is 416 g/mol. The third kappa shape index (κ3) is 4.43. The van der Waals surface area contributed by atoms with Gasteiger partial charge in [0.05, 0.1) is 7.11 Å². The molecule has 6 nitrogen and oxygen atoms in total. The molecule has 1 aliphatic heterocycles. The number of hydrogen-bond donors (Lipinski definition) is 2. The van der Waals surface area contributed by atoms with Crippen LogP contribution in [0.15, 0.2) is 24.3 Å². The zero-order valence-corrected chi connectivity index (χ0v) is 14.3. The number of hydrogen-bond acceptors (Lipinski definition) is 4. The summed E-state index contributed by atoms with van der Waals surface area (Å²) in [7, 11) is 1.28. The number of amides is 2. The summed E-state index contributed by atoms with van der Waals surface area (Å²) in [6.07, 6.45) is 1.12. The van der Waals surface area contributed by atoms with Gasteiger partial charge in [-0.15, -0.1) is 0 Å². The highest BCUT2D eigenvalue weighted by Gasteiger charge is 2.30. The van der Waals surface area contributed by atoms with Crippen LogP contribution in [0, 0.1) is 3.57 Å². The van der Waals surface area contributed by atoms with Crippen molar-refractivity contribution < 1.29 is 19.1 Å². The fourth-order valence-electron chi connectivity index (χ4n) is 2.27. The summed E-state index contributed by atoms with van der Waals surface area (Å²) < 4.78 is 5.84. The first-order valence-electron chi connectivity index (χ1n) is 6.91. The van der Waals surface area contributed by atoms with Gasteiger partial charge in [0.25, 0.3) is 0 Å². The molecule has 0 aliphatic carbocycles. The Morgan fingerprint density at radius 3 is 2.64 bits per heavy atom. The minimum atomic E-state index is -0.768. The summed E-state index contributed by atoms with van der Waals surface area (Å²) >= 11 is 2.20. The van der Waals surface area contributed by atoms with Gasteiger partial charge >= 0.3 is 5.97 Å². The van der Waals surface area contributed by atoms with Crippen molar-refractivity contribution in [3.05, 3.63) is 33.4 Å². The minimum absolute atomic E-state index is 0.146. The lowest BCUT2D eigenvalue weighted by Crippen LogP contribution is -2.49. The molecule has 1 aromatic rings. The van der Waals surface area contributed by atoms with Crippen LogP contribution in [0.2, 0.25) is 0 Å². The summed E-state index contributed by atoms with van der Waals surface area (Å²) in [6, 6.07) is 6.33. The second kappa shape index (κ2) is 7.57. The number of benzene rings is 1. The van der Waals surface area contributed by atoms with E-state index >= 15 is 0 Å². The van der Waals surface area contributed by atoms with Gasteiger partial charge in [0, 0.05) is 16.4 Å². The first-order valence-corrected chi connectivity index (χ1v) is 7.99. The Kier molecular flexibility index (Phi) is 5.76. The minimum Gasteiger partial charge on any atom is -0.467 e. The van der Waals surface area contributed by atoms with Crippen LogP contribution in [0.25, 0.3) is 0 Å². The average molecular weight is 416 g/mol. The SMILES string of the molecule is COC(=O)[C@H](Cc1ccc(I)cc1)NC(=O)[C@H]1CCC(=O)N1. The van der Waals surface area contributed by atoms with Gasteiger partial charge in [-0.05, 0) is 46.7 Å². The van der Waals surface area contributed by atoms with Gasteiger partial charge in [-0.1, -0.05) is 12.1 Å². The first-order chi connectivity index (χ1) is 10.5. The van der Waals surface area contributed by atoms with Crippen LogP contribution >= 0.6 is 22.6 Å². The number of carbonyl (C=O) groups excluding carboxylic acids is 3. The summed E-state index contributed by atoms with van der Waals surface area (Å²) in [6.45, 7) is 0. The van der Waals surface area contributed by atoms with E-state index in [0.717, 1.165) is 9.13 Å². The van der Waals surface area contributed by atoms with Crippen LogP contribution in [0.4, 0.5) is 0 Å². The zero-order chi connectivity index (χ0) is 16.1. The van der Waals surface area contributed by atoms with E-state index in [9.17, 15) is 14.4 Å². The third-order valence-electron chi connectivity index (χ3n) is 3.47. The van der Waals surface area contributed by atoms with Crippen LogP contribution in [-0.4, -0.2) is 37.0 Å². The molecule has 1 aliphatic rings. The molecular formula is C15H17IN2O4. The van der Waals surface area contributed by atoms with Gasteiger partial charge in [-0.25, -0.2) is 4.79 Å². The number of carbonyl (C=O) groups is 3. The van der Waals surface area contributed by atoms with E-state index < -0.39 is 18.1 Å². The molecule has 0 radical (unpaired) electrons. The third-order valence-corrected chi connectivity index (χ3v) is 4.19. The van der Waals surface area contributed by atoms with E-state index in [0.29, 0.717) is 19.3 Å². The van der Waals surface area contributed by atoms with Gasteiger partial charge in [0.15, 0.2) is 0 Å². The standard InChI is InChI=1S/C15H17IN2O4/c1-22-15(21)12(8-9-2-4-10(16)5-3-9)18-14(20)11-6-7-13(19)17-11/h2-5,11-12H,6-8H2,1H3,(H,17,19)(H,18,20)/t11-,12+/m1/s1. The maximum Gasteiger partial charge on any atom is 0.328 e. The second-order valence-corrected chi connectivity index (χ2v) is 6.32. The van der Waals surface area contributed by atoms with Crippen molar-refractivity contribution in [2.24, 2.45) is 0 Å². The van der Waals surface area contributed by atoms with Crippen molar-refractivity contribution in [2.75, 3.05) is 7.11 Å². The van der Waals surface area contributed by atoms with Gasteiger partial charge in [0.2, 0.25) is 11.8 Å². The quantitative estimate of drug-likeness (QED) is 0.549. The Morgan fingerprint density at radius 1 is 1.41 bits per heavy atom. The van der Waals surface area contributed by atoms with Gasteiger partial charge in [-0.3, -0.25) is 9.59 Å². The van der Waals surface area contributed by atoms with E-state index in [1.807, 2.05) is 24.3 Å². The molecule has 2 atom stereocenters. The summed E-state index contributed by atoms with van der Waals surface area (Å²) in [5.74, 6) is -1.00. The molecule has 2 amide bonds. The lowest BCUT2D eigenvalue weighted by atomic mass is 10.1. The lowest BCUT2D eigenvalue weighted by molar-refractivity contribution is -0.145. The Morgan fingerprint density at radius 2 is 2.09 bits per heavy atom. The molecule has 118 valence electrons. The Labute approximate surface area is 142 Å². The molecule has 0 bridgehead atoms. The van der Waals surface area contributed by atoms with Gasteiger partial charge < -0.3 is 15.4 Å². The normalized spacial score (nSPS) is 18.5. The number of rotatable bonds is 5. The van der Waals surface area contributed by atoms with Crippen LogP contribution < -0.4 is 10.6 Å². The Bertz CT molecular complexity index is 573. The Hall–Kier alpha value is -1.64. The molecular weight excluding hydrogens is 399 g/mol. The average Bonchev–Trinajstić information content (AvgIpc) is 2.94. The van der Waals surface area contributed by atoms with Crippen molar-refractivity contribution in [1.82, 2.24) is 10.6 Å². The van der Waals surface area contributed by atoms with E-state index in [1.54, 1.807) is 0 Å². The maximum atomic E-state index is 12.1. The second-order valence-electron chi connectivity index (χ2n) is 5.07. The topological polar surface area (TPSA) is 84.5 Å². The summed E-state index contributed by atoms with van der Waals surface area (Å²) in [5, 5.41) is 5.25. The van der Waals surface area contributed by atoms with E-state index in [1.165, 1.54) is 7.11 Å². The molecule has 0 spiro atoms. The molecule has 2 N–H and O–H groups in total. The van der Waals surface area contributed by atoms with Crippen LogP contribution in [-0.2, 0) is 25.5 Å². The zero-order valence-electron chi connectivity index (χ0n) is 12.1. The van der Waals surface area contributed by atoms with Crippen LogP contribution in [0.5, 0.6) is 0 Å². The number of ether oxygens (including phenoxy) is 1. The number of halogens is 1. The lowest BCUT2D eigenvalue weighted by Gasteiger charge is -2.19. The molecule has 0 unspecified atom stereocenters. The molecule has 1 fully saturated rings. The molecule has 22 heavy (non-hydrogen) atoms. The highest BCUT2D eigenvalue weighted by molar-refractivity contribution is 14.1. The van der Waals surface area contributed by atoms with Crippen molar-refractivity contribution >= 4 is 40.4 Å². The van der Waals surface area contributed by atoms with E-state index in [-0.39, 0.29) is 11.8 Å². The Balaban J connectivity index is 2.02. The fourth-order valence-corrected chi connectivity index (χ4v) is 2.63. The fraction of sp³-hybridized carbons (Fsp3) is 0.400. The molecule has 2 rings (SSSR count). The predicted molar refractivity (Wildman–Crippen MR) is 88.0 cm³/mol.